The van der Waals surface area contributed by atoms with Gasteiger partial charge >= 0.3 is 5.97 Å². The Balaban J connectivity index is 1.79. The van der Waals surface area contributed by atoms with Crippen LogP contribution in [0.1, 0.15) is 20.3 Å². The van der Waals surface area contributed by atoms with Crippen LogP contribution in [0.25, 0.3) is 0 Å². The van der Waals surface area contributed by atoms with Gasteiger partial charge in [-0.1, -0.05) is 0 Å². The van der Waals surface area contributed by atoms with Crippen LogP contribution in [-0.4, -0.2) is 36.7 Å². The molecule has 1 N–H and O–H groups in total. The Kier molecular flexibility index (Phi) is 2.42. The minimum atomic E-state index is -0.286. The normalized spacial score (nSPS) is 37.9. The first-order chi connectivity index (χ1) is 7.03. The van der Waals surface area contributed by atoms with Crippen molar-refractivity contribution >= 4 is 11.9 Å². The minimum Gasteiger partial charge on any atom is -0.466 e. The Morgan fingerprint density at radius 2 is 2.40 bits per heavy atom. The second kappa shape index (κ2) is 3.48. The molecule has 2 heterocycles. The molecule has 0 spiro atoms. The number of esters is 1. The number of β-lactam (4-membered cyclic amide) rings is 1. The average molecular weight is 213 g/mol. The lowest BCUT2D eigenvalue weighted by atomic mass is 9.79. The third-order valence-corrected chi connectivity index (χ3v) is 3.00. The van der Waals surface area contributed by atoms with E-state index in [0.717, 1.165) is 0 Å². The number of hydrogen-bond donors (Lipinski definition) is 1. The molecule has 2 fully saturated rings. The van der Waals surface area contributed by atoms with Gasteiger partial charge in [-0.05, 0) is 6.92 Å². The van der Waals surface area contributed by atoms with Crippen molar-refractivity contribution in [3.63, 3.8) is 0 Å². The summed E-state index contributed by atoms with van der Waals surface area (Å²) in [5.74, 6) is -0.318. The summed E-state index contributed by atoms with van der Waals surface area (Å²) in [7, 11) is 0. The predicted octanol–water partition coefficient (Wildman–Crippen LogP) is -0.157. The van der Waals surface area contributed by atoms with Crippen LogP contribution in [0.3, 0.4) is 0 Å². The molecule has 2 aliphatic rings. The molecule has 0 aliphatic carbocycles. The van der Waals surface area contributed by atoms with Crippen LogP contribution in [0.4, 0.5) is 0 Å². The molecule has 2 rings (SSSR count). The van der Waals surface area contributed by atoms with Crippen LogP contribution >= 0.6 is 0 Å². The standard InChI is InChI=1S/C10H15NO4/c1-6(12)14-4-3-7-8(9(13)11-7)10(2)5-15-10/h7-8H,3-5H2,1-2H3,(H,11,13). The lowest BCUT2D eigenvalue weighted by Crippen LogP contribution is -2.63. The zero-order chi connectivity index (χ0) is 11.1. The number of amides is 1. The van der Waals surface area contributed by atoms with Gasteiger partial charge in [-0.3, -0.25) is 9.59 Å². The molecular formula is C10H15NO4. The van der Waals surface area contributed by atoms with Gasteiger partial charge in [0.25, 0.3) is 0 Å². The van der Waals surface area contributed by atoms with Gasteiger partial charge in [-0.25, -0.2) is 0 Å². The van der Waals surface area contributed by atoms with E-state index in [1.165, 1.54) is 6.92 Å². The van der Waals surface area contributed by atoms with Crippen molar-refractivity contribution in [2.24, 2.45) is 5.92 Å². The van der Waals surface area contributed by atoms with Gasteiger partial charge in [0.15, 0.2) is 0 Å². The Hall–Kier alpha value is -1.10. The van der Waals surface area contributed by atoms with E-state index in [9.17, 15) is 9.59 Å². The van der Waals surface area contributed by atoms with Crippen LogP contribution in [0.5, 0.6) is 0 Å². The van der Waals surface area contributed by atoms with Crippen molar-refractivity contribution in [1.29, 1.82) is 0 Å². The summed E-state index contributed by atoms with van der Waals surface area (Å²) in [4.78, 5) is 21.9. The summed E-state index contributed by atoms with van der Waals surface area (Å²) in [6, 6.07) is 0.0874. The van der Waals surface area contributed by atoms with E-state index >= 15 is 0 Å². The molecule has 1 amide bonds. The SMILES string of the molecule is CC(=O)OCCC1NC(=O)C1C1(C)CO1. The van der Waals surface area contributed by atoms with Crippen molar-refractivity contribution in [2.45, 2.75) is 31.9 Å². The quantitative estimate of drug-likeness (QED) is 0.400. The first-order valence-electron chi connectivity index (χ1n) is 5.11. The maximum atomic E-state index is 11.3. The van der Waals surface area contributed by atoms with Crippen molar-refractivity contribution < 1.29 is 19.1 Å². The molecule has 0 aromatic heterocycles. The molecule has 0 aromatic carbocycles. The second-order valence-electron chi connectivity index (χ2n) is 4.32. The van der Waals surface area contributed by atoms with E-state index in [2.05, 4.69) is 5.32 Å². The van der Waals surface area contributed by atoms with Gasteiger partial charge in [0.05, 0.1) is 19.1 Å². The van der Waals surface area contributed by atoms with Crippen LogP contribution in [0.15, 0.2) is 0 Å². The molecule has 0 saturated carbocycles. The summed E-state index contributed by atoms with van der Waals surface area (Å²) in [5.41, 5.74) is -0.275. The third-order valence-electron chi connectivity index (χ3n) is 3.00. The van der Waals surface area contributed by atoms with Gasteiger partial charge in [-0.2, -0.15) is 0 Å². The Bertz CT molecular complexity index is 298. The zero-order valence-electron chi connectivity index (χ0n) is 8.91. The zero-order valence-corrected chi connectivity index (χ0v) is 8.91. The van der Waals surface area contributed by atoms with Crippen molar-refractivity contribution in [3.8, 4) is 0 Å². The van der Waals surface area contributed by atoms with E-state index in [0.29, 0.717) is 19.6 Å². The highest BCUT2D eigenvalue weighted by Crippen LogP contribution is 2.41. The van der Waals surface area contributed by atoms with Gasteiger partial charge in [0.1, 0.15) is 5.60 Å². The fourth-order valence-electron chi connectivity index (χ4n) is 2.01. The van der Waals surface area contributed by atoms with Crippen LogP contribution < -0.4 is 5.32 Å². The van der Waals surface area contributed by atoms with Crippen molar-refractivity contribution in [3.05, 3.63) is 0 Å². The maximum absolute atomic E-state index is 11.3. The van der Waals surface area contributed by atoms with E-state index < -0.39 is 0 Å². The van der Waals surface area contributed by atoms with Crippen LogP contribution in [0.2, 0.25) is 0 Å². The van der Waals surface area contributed by atoms with Crippen LogP contribution in [0, 0.1) is 5.92 Å². The number of hydrogen-bond acceptors (Lipinski definition) is 4. The highest BCUT2D eigenvalue weighted by Gasteiger charge is 2.58. The summed E-state index contributed by atoms with van der Waals surface area (Å²) in [6.45, 7) is 4.32. The number of rotatable bonds is 4. The topological polar surface area (TPSA) is 67.9 Å². The van der Waals surface area contributed by atoms with Crippen LogP contribution in [-0.2, 0) is 19.1 Å². The first-order valence-corrected chi connectivity index (χ1v) is 5.11. The fourth-order valence-corrected chi connectivity index (χ4v) is 2.01. The molecule has 0 aromatic rings. The Morgan fingerprint density at radius 1 is 1.73 bits per heavy atom. The number of epoxide rings is 1. The molecule has 84 valence electrons. The predicted molar refractivity (Wildman–Crippen MR) is 51.0 cm³/mol. The molecular weight excluding hydrogens is 198 g/mol. The Labute approximate surface area is 88.1 Å². The highest BCUT2D eigenvalue weighted by atomic mass is 16.6. The molecule has 2 aliphatic heterocycles. The van der Waals surface area contributed by atoms with Gasteiger partial charge in [-0.15, -0.1) is 0 Å². The molecule has 5 nitrogen and oxygen atoms in total. The fraction of sp³-hybridized carbons (Fsp3) is 0.800. The number of ether oxygens (including phenoxy) is 2. The van der Waals surface area contributed by atoms with E-state index in [1.807, 2.05) is 6.92 Å². The molecule has 5 heteroatoms. The number of nitrogens with one attached hydrogen (secondary N) is 1. The smallest absolute Gasteiger partial charge is 0.302 e. The van der Waals surface area contributed by atoms with Gasteiger partial charge in [0, 0.05) is 19.4 Å². The monoisotopic (exact) mass is 213 g/mol. The lowest BCUT2D eigenvalue weighted by Gasteiger charge is -2.39. The van der Waals surface area contributed by atoms with Gasteiger partial charge < -0.3 is 14.8 Å². The molecule has 0 radical (unpaired) electrons. The summed E-state index contributed by atoms with van der Waals surface area (Å²) in [6.07, 6.45) is 0.662. The number of carbonyl (C=O) groups excluding carboxylic acids is 2. The van der Waals surface area contributed by atoms with E-state index in [1.54, 1.807) is 0 Å². The van der Waals surface area contributed by atoms with E-state index in [-0.39, 0.29) is 29.4 Å². The number of carbonyl (C=O) groups is 2. The largest absolute Gasteiger partial charge is 0.466 e. The molecule has 15 heavy (non-hydrogen) atoms. The molecule has 3 atom stereocenters. The Morgan fingerprint density at radius 3 is 2.87 bits per heavy atom. The summed E-state index contributed by atoms with van der Waals surface area (Å²) < 4.78 is 10.1. The highest BCUT2D eigenvalue weighted by molar-refractivity contribution is 5.87. The lowest BCUT2D eigenvalue weighted by molar-refractivity contribution is -0.143. The third kappa shape index (κ3) is 1.97. The molecule has 2 saturated heterocycles. The summed E-state index contributed by atoms with van der Waals surface area (Å²) >= 11 is 0. The second-order valence-corrected chi connectivity index (χ2v) is 4.32. The summed E-state index contributed by atoms with van der Waals surface area (Å²) in [5, 5.41) is 2.80. The molecule has 0 bridgehead atoms. The first kappa shape index (κ1) is 10.4. The van der Waals surface area contributed by atoms with E-state index in [4.69, 9.17) is 9.47 Å². The molecule has 3 unspecified atom stereocenters. The van der Waals surface area contributed by atoms with Crippen molar-refractivity contribution in [2.75, 3.05) is 13.2 Å². The van der Waals surface area contributed by atoms with Gasteiger partial charge in [0.2, 0.25) is 5.91 Å². The minimum absolute atomic E-state index is 0.0443. The average Bonchev–Trinajstić information content (AvgIpc) is 2.81. The maximum Gasteiger partial charge on any atom is 0.302 e. The van der Waals surface area contributed by atoms with Crippen molar-refractivity contribution in [1.82, 2.24) is 5.32 Å².